The molecule has 1 N–H and O–H groups in total. The Labute approximate surface area is 133 Å². The molecule has 0 bridgehead atoms. The van der Waals surface area contributed by atoms with Crippen molar-refractivity contribution in [3.63, 3.8) is 0 Å². The van der Waals surface area contributed by atoms with Crippen molar-refractivity contribution in [2.24, 2.45) is 0 Å². The molecule has 2 aromatic rings. The van der Waals surface area contributed by atoms with Gasteiger partial charge in [0.2, 0.25) is 0 Å². The molecule has 1 aromatic carbocycles. The third-order valence-electron chi connectivity index (χ3n) is 2.87. The highest BCUT2D eigenvalue weighted by molar-refractivity contribution is 5.95. The molecule has 7 nitrogen and oxygen atoms in total. The Hall–Kier alpha value is -3.09. The van der Waals surface area contributed by atoms with Crippen LogP contribution < -0.4 is 14.8 Å². The van der Waals surface area contributed by atoms with Crippen molar-refractivity contribution in [1.82, 2.24) is 4.98 Å². The molecule has 0 fully saturated rings. The first kappa shape index (κ1) is 16.3. The van der Waals surface area contributed by atoms with E-state index in [9.17, 15) is 9.59 Å². The van der Waals surface area contributed by atoms with Gasteiger partial charge in [-0.25, -0.2) is 4.79 Å². The molecular weight excluding hydrogens is 300 g/mol. The average Bonchev–Trinajstić information content (AvgIpc) is 2.60. The Kier molecular flexibility index (Phi) is 5.51. The summed E-state index contributed by atoms with van der Waals surface area (Å²) in [5, 5.41) is 2.61. The van der Waals surface area contributed by atoms with Crippen LogP contribution in [0.3, 0.4) is 0 Å². The molecule has 0 saturated heterocycles. The second-order valence-corrected chi connectivity index (χ2v) is 4.47. The van der Waals surface area contributed by atoms with Crippen molar-refractivity contribution < 1.29 is 23.8 Å². The van der Waals surface area contributed by atoms with Gasteiger partial charge in [-0.15, -0.1) is 0 Å². The summed E-state index contributed by atoms with van der Waals surface area (Å²) in [4.78, 5) is 27.4. The van der Waals surface area contributed by atoms with Gasteiger partial charge in [0.1, 0.15) is 11.5 Å². The molecule has 0 atom stereocenters. The Morgan fingerprint density at radius 2 is 1.83 bits per heavy atom. The van der Waals surface area contributed by atoms with Gasteiger partial charge in [-0.1, -0.05) is 0 Å². The number of hydrogen-bond acceptors (Lipinski definition) is 6. The van der Waals surface area contributed by atoms with Gasteiger partial charge in [0.15, 0.2) is 6.61 Å². The van der Waals surface area contributed by atoms with Gasteiger partial charge in [0.25, 0.3) is 5.91 Å². The van der Waals surface area contributed by atoms with Gasteiger partial charge in [-0.05, 0) is 12.1 Å². The number of pyridine rings is 1. The fourth-order valence-corrected chi connectivity index (χ4v) is 1.77. The summed E-state index contributed by atoms with van der Waals surface area (Å²) in [6.45, 7) is -0.409. The van der Waals surface area contributed by atoms with Crippen LogP contribution in [0.15, 0.2) is 42.7 Å². The molecule has 120 valence electrons. The van der Waals surface area contributed by atoms with E-state index in [0.29, 0.717) is 17.2 Å². The van der Waals surface area contributed by atoms with E-state index in [1.54, 1.807) is 36.5 Å². The number of hydrogen-bond donors (Lipinski definition) is 1. The number of rotatable bonds is 6. The zero-order chi connectivity index (χ0) is 16.7. The fourth-order valence-electron chi connectivity index (χ4n) is 1.77. The Bertz CT molecular complexity index is 666. The zero-order valence-corrected chi connectivity index (χ0v) is 12.7. The topological polar surface area (TPSA) is 86.8 Å². The van der Waals surface area contributed by atoms with E-state index in [4.69, 9.17) is 14.2 Å². The van der Waals surface area contributed by atoms with Gasteiger partial charge in [-0.3, -0.25) is 9.78 Å². The number of carbonyl (C=O) groups is 2. The predicted octanol–water partition coefficient (Wildman–Crippen LogP) is 1.89. The van der Waals surface area contributed by atoms with Crippen molar-refractivity contribution in [3.8, 4) is 11.5 Å². The van der Waals surface area contributed by atoms with Crippen molar-refractivity contribution >= 4 is 17.6 Å². The lowest BCUT2D eigenvalue weighted by atomic mass is 10.2. The van der Waals surface area contributed by atoms with Crippen LogP contribution >= 0.6 is 0 Å². The van der Waals surface area contributed by atoms with E-state index in [2.05, 4.69) is 10.3 Å². The molecule has 0 radical (unpaired) electrons. The van der Waals surface area contributed by atoms with Crippen LogP contribution in [-0.4, -0.2) is 37.7 Å². The molecule has 0 spiro atoms. The number of nitrogens with zero attached hydrogens (tertiary/aromatic N) is 1. The molecule has 0 saturated carbocycles. The first-order valence-corrected chi connectivity index (χ1v) is 6.72. The summed E-state index contributed by atoms with van der Waals surface area (Å²) in [6, 6.07) is 8.10. The molecule has 7 heteroatoms. The third kappa shape index (κ3) is 4.70. The van der Waals surface area contributed by atoms with Crippen LogP contribution in [-0.2, 0) is 9.53 Å². The molecule has 2 rings (SSSR count). The number of amides is 1. The van der Waals surface area contributed by atoms with Gasteiger partial charge in [0, 0.05) is 36.3 Å². The summed E-state index contributed by atoms with van der Waals surface area (Å²) in [7, 11) is 3.02. The fraction of sp³-hybridized carbons (Fsp3) is 0.188. The lowest BCUT2D eigenvalue weighted by Gasteiger charge is -2.10. The highest BCUT2D eigenvalue weighted by Crippen LogP contribution is 2.25. The third-order valence-corrected chi connectivity index (χ3v) is 2.87. The number of anilines is 1. The molecule has 1 heterocycles. The minimum Gasteiger partial charge on any atom is -0.497 e. The first-order valence-electron chi connectivity index (χ1n) is 6.72. The smallest absolute Gasteiger partial charge is 0.340 e. The van der Waals surface area contributed by atoms with Gasteiger partial charge < -0.3 is 19.5 Å². The molecule has 0 aliphatic rings. The zero-order valence-electron chi connectivity index (χ0n) is 12.7. The lowest BCUT2D eigenvalue weighted by Crippen LogP contribution is -2.21. The summed E-state index contributed by atoms with van der Waals surface area (Å²) >= 11 is 0. The monoisotopic (exact) mass is 316 g/mol. The number of carbonyl (C=O) groups excluding carboxylic acids is 2. The van der Waals surface area contributed by atoms with Crippen LogP contribution in [0.4, 0.5) is 5.69 Å². The lowest BCUT2D eigenvalue weighted by molar-refractivity contribution is -0.119. The number of nitrogens with one attached hydrogen (secondary N) is 1. The Balaban J connectivity index is 1.93. The van der Waals surface area contributed by atoms with E-state index < -0.39 is 18.5 Å². The molecule has 0 unspecified atom stereocenters. The molecule has 1 aromatic heterocycles. The highest BCUT2D eigenvalue weighted by atomic mass is 16.5. The van der Waals surface area contributed by atoms with Gasteiger partial charge in [-0.2, -0.15) is 0 Å². The van der Waals surface area contributed by atoms with E-state index >= 15 is 0 Å². The normalized spacial score (nSPS) is 9.83. The maximum absolute atomic E-state index is 11.9. The molecule has 1 amide bonds. The van der Waals surface area contributed by atoms with E-state index in [-0.39, 0.29) is 5.56 Å². The largest absolute Gasteiger partial charge is 0.497 e. The van der Waals surface area contributed by atoms with Crippen molar-refractivity contribution in [3.05, 3.63) is 48.3 Å². The predicted molar refractivity (Wildman–Crippen MR) is 82.7 cm³/mol. The van der Waals surface area contributed by atoms with Crippen molar-refractivity contribution in [2.45, 2.75) is 0 Å². The van der Waals surface area contributed by atoms with Crippen LogP contribution in [0.1, 0.15) is 10.4 Å². The summed E-state index contributed by atoms with van der Waals surface area (Å²) in [5.41, 5.74) is 0.756. The molecular formula is C16H16N2O5. The number of ether oxygens (including phenoxy) is 3. The van der Waals surface area contributed by atoms with Crippen LogP contribution in [0.2, 0.25) is 0 Å². The van der Waals surface area contributed by atoms with Crippen LogP contribution in [0, 0.1) is 0 Å². The van der Waals surface area contributed by atoms with Crippen molar-refractivity contribution in [2.75, 3.05) is 26.1 Å². The van der Waals surface area contributed by atoms with Gasteiger partial charge in [0.05, 0.1) is 19.8 Å². The summed E-state index contributed by atoms with van der Waals surface area (Å²) < 4.78 is 15.1. The summed E-state index contributed by atoms with van der Waals surface area (Å²) in [5.74, 6) is -0.0203. The minimum atomic E-state index is -0.614. The van der Waals surface area contributed by atoms with Gasteiger partial charge >= 0.3 is 5.97 Å². The first-order chi connectivity index (χ1) is 11.1. The highest BCUT2D eigenvalue weighted by Gasteiger charge is 2.11. The van der Waals surface area contributed by atoms with Crippen LogP contribution in [0.5, 0.6) is 11.5 Å². The van der Waals surface area contributed by atoms with E-state index in [1.807, 2.05) is 0 Å². The standard InChI is InChI=1S/C16H16N2O5/c1-21-13-6-12(7-14(8-13)22-2)18-15(19)10-23-16(20)11-4-3-5-17-9-11/h3-9H,10H2,1-2H3,(H,18,19). The molecule has 23 heavy (non-hydrogen) atoms. The van der Waals surface area contributed by atoms with Crippen LogP contribution in [0.25, 0.3) is 0 Å². The van der Waals surface area contributed by atoms with E-state index in [1.165, 1.54) is 20.4 Å². The number of benzene rings is 1. The quantitative estimate of drug-likeness (QED) is 0.819. The SMILES string of the molecule is COc1cc(NC(=O)COC(=O)c2cccnc2)cc(OC)c1. The number of esters is 1. The molecule has 0 aliphatic heterocycles. The number of aromatic nitrogens is 1. The molecule has 0 aliphatic carbocycles. The second-order valence-electron chi connectivity index (χ2n) is 4.47. The second kappa shape index (κ2) is 7.79. The summed E-state index contributed by atoms with van der Waals surface area (Å²) in [6.07, 6.45) is 2.91. The van der Waals surface area contributed by atoms with E-state index in [0.717, 1.165) is 0 Å². The average molecular weight is 316 g/mol. The Morgan fingerprint density at radius 3 is 2.39 bits per heavy atom. The maximum atomic E-state index is 11.9. The van der Waals surface area contributed by atoms with Crippen molar-refractivity contribution in [1.29, 1.82) is 0 Å². The Morgan fingerprint density at radius 1 is 1.13 bits per heavy atom. The minimum absolute atomic E-state index is 0.281. The number of methoxy groups -OCH3 is 2. The maximum Gasteiger partial charge on any atom is 0.340 e.